The first-order chi connectivity index (χ1) is 20.7. The Labute approximate surface area is 258 Å². The molecule has 3 aliphatic rings. The van der Waals surface area contributed by atoms with Gasteiger partial charge in [0, 0.05) is 35.1 Å². The topological polar surface area (TPSA) is 113 Å². The van der Waals surface area contributed by atoms with Gasteiger partial charge in [-0.05, 0) is 98.8 Å². The van der Waals surface area contributed by atoms with E-state index in [1.54, 1.807) is 0 Å². The van der Waals surface area contributed by atoms with E-state index >= 15 is 0 Å². The summed E-state index contributed by atoms with van der Waals surface area (Å²) in [4.78, 5) is 30.2. The van der Waals surface area contributed by atoms with Crippen molar-refractivity contribution >= 4 is 64.0 Å². The highest BCUT2D eigenvalue weighted by Crippen LogP contribution is 2.31. The molecule has 10 heteroatoms. The molecule has 218 valence electrons. The molecule has 0 fully saturated rings. The molecule has 7 rings (SSSR count). The highest BCUT2D eigenvalue weighted by atomic mass is 35.5. The summed E-state index contributed by atoms with van der Waals surface area (Å²) in [5, 5.41) is 10.7. The van der Waals surface area contributed by atoms with E-state index in [0.29, 0.717) is 11.3 Å². The second-order valence-corrected chi connectivity index (χ2v) is 10.3. The molecule has 3 aromatic heterocycles. The number of nitro groups is 1. The Hall–Kier alpha value is -5.50. The van der Waals surface area contributed by atoms with Crippen molar-refractivity contribution in [3.05, 3.63) is 128 Å². The van der Waals surface area contributed by atoms with Crippen LogP contribution in [-0.2, 0) is 0 Å². The number of allylic oxidation sites excluding steroid dienone is 3. The number of halogens is 2. The van der Waals surface area contributed by atoms with E-state index in [1.165, 1.54) is 12.1 Å². The summed E-state index contributed by atoms with van der Waals surface area (Å²) in [5.41, 5.74) is 11.3. The van der Waals surface area contributed by atoms with Gasteiger partial charge in [-0.1, -0.05) is 4.99 Å². The Morgan fingerprint density at radius 1 is 0.705 bits per heavy atom. The molecule has 8 bridgehead atoms. The van der Waals surface area contributed by atoms with Crippen LogP contribution in [0.1, 0.15) is 49.1 Å². The lowest BCUT2D eigenvalue weighted by Gasteiger charge is -2.05. The van der Waals surface area contributed by atoms with E-state index in [9.17, 15) is 14.5 Å². The van der Waals surface area contributed by atoms with Gasteiger partial charge in [-0.15, -0.1) is 0 Å². The average molecular weight is 605 g/mol. The molecule has 0 spiro atoms. The first-order valence-electron chi connectivity index (χ1n) is 13.6. The second kappa shape index (κ2) is 12.4. The number of nitrogens with zero attached hydrogens (tertiary/aromatic N) is 4. The van der Waals surface area contributed by atoms with Crippen LogP contribution < -0.4 is 12.4 Å². The molecule has 0 amide bonds. The van der Waals surface area contributed by atoms with Crippen LogP contribution in [0, 0.1) is 15.9 Å². The van der Waals surface area contributed by atoms with Gasteiger partial charge in [0.15, 0.2) is 11.9 Å². The zero-order valence-corrected chi connectivity index (χ0v) is 24.8. The van der Waals surface area contributed by atoms with Crippen LogP contribution in [0.25, 0.3) is 52.1 Å². The fourth-order valence-electron chi connectivity index (χ4n) is 4.79. The Bertz CT molecular complexity index is 1940. The van der Waals surface area contributed by atoms with E-state index in [-0.39, 0.29) is 12.4 Å². The van der Waals surface area contributed by atoms with Crippen LogP contribution in [-0.4, -0.2) is 31.1 Å². The van der Waals surface area contributed by atoms with Gasteiger partial charge in [0.05, 0.1) is 44.4 Å². The van der Waals surface area contributed by atoms with Crippen LogP contribution in [0.3, 0.4) is 0 Å². The van der Waals surface area contributed by atoms with Gasteiger partial charge in [-0.3, -0.25) is 10.1 Å². The molecule has 44 heavy (non-hydrogen) atoms. The quantitative estimate of drug-likeness (QED) is 0.156. The third-order valence-corrected chi connectivity index (χ3v) is 7.27. The van der Waals surface area contributed by atoms with Gasteiger partial charge in [-0.25, -0.2) is 9.97 Å². The zero-order chi connectivity index (χ0) is 30.1. The molecule has 0 aliphatic carbocycles. The molecule has 1 aromatic carbocycles. The summed E-state index contributed by atoms with van der Waals surface area (Å²) in [7, 11) is 0. The minimum Gasteiger partial charge on any atom is -1.00 e. The Morgan fingerprint density at radius 2 is 1.16 bits per heavy atom. The van der Waals surface area contributed by atoms with Crippen LogP contribution in [0.4, 0.5) is 10.1 Å². The predicted octanol–water partition coefficient (Wildman–Crippen LogP) is 5.42. The third-order valence-electron chi connectivity index (χ3n) is 7.27. The van der Waals surface area contributed by atoms with Crippen molar-refractivity contribution in [3.63, 3.8) is 0 Å². The average Bonchev–Trinajstić information content (AvgIpc) is 3.79. The summed E-state index contributed by atoms with van der Waals surface area (Å²) in [6.07, 6.45) is 10.9. The van der Waals surface area contributed by atoms with Crippen molar-refractivity contribution in [1.29, 1.82) is 0 Å². The number of nitrogens with one attached hydrogen (secondary N) is 2. The molecule has 0 radical (unpaired) electrons. The number of benzene rings is 1. The van der Waals surface area contributed by atoms with Gasteiger partial charge in [-0.2, -0.15) is 4.39 Å². The summed E-state index contributed by atoms with van der Waals surface area (Å²) < 4.78 is 13.3. The monoisotopic (exact) mass is 604 g/mol. The van der Waals surface area contributed by atoms with E-state index < -0.39 is 16.4 Å². The van der Waals surface area contributed by atoms with Crippen molar-refractivity contribution in [1.82, 2.24) is 19.9 Å². The van der Waals surface area contributed by atoms with Crippen LogP contribution in [0.5, 0.6) is 0 Å². The first kappa shape index (κ1) is 30.0. The first-order valence-corrected chi connectivity index (χ1v) is 13.6. The summed E-state index contributed by atoms with van der Waals surface area (Å²) in [6, 6.07) is 20.1. The number of hydrogen-bond donors (Lipinski definition) is 2. The normalized spacial score (nSPS) is 13.3. The fraction of sp³-hybridized carbons (Fsp3) is 0.0882. The maximum Gasteiger partial charge on any atom is 0.306 e. The molecule has 0 saturated heterocycles. The van der Waals surface area contributed by atoms with Crippen LogP contribution in [0.2, 0.25) is 0 Å². The lowest BCUT2D eigenvalue weighted by molar-refractivity contribution is -0.387. The molecule has 0 atom stereocenters. The molecule has 4 aromatic rings. The van der Waals surface area contributed by atoms with Crippen molar-refractivity contribution in [2.75, 3.05) is 0 Å². The standard InChI is InChI=1S/C20H14N4.C14H12FN2O2.ClH/c1-2-14-10-16-5-6-18(23-16)12-20-8-7-19(24-20)11-17-4-3-15(22-17)9-13(1)21-14;1-8-7-16-14(10(3)9(8)2)11-4-5-12(15)13(6-11)17(18)19;/h1-12,21,24H;4-6H,1-3H3;1H/q;+1;/p-1. The lowest BCUT2D eigenvalue weighted by atomic mass is 9.96. The second-order valence-electron chi connectivity index (χ2n) is 10.3. The number of fused-ring (bicyclic) bond motifs is 8. The van der Waals surface area contributed by atoms with Crippen molar-refractivity contribution in [2.45, 2.75) is 20.8 Å². The molecular weight excluding hydrogens is 579 g/mol. The van der Waals surface area contributed by atoms with E-state index in [4.69, 9.17) is 0 Å². The highest BCUT2D eigenvalue weighted by Gasteiger charge is 2.25. The number of aliphatic imine (C=N–C) groups is 1. The summed E-state index contributed by atoms with van der Waals surface area (Å²) in [5.74, 6) is -0.848. The van der Waals surface area contributed by atoms with E-state index in [2.05, 4.69) is 55.4 Å². The Morgan fingerprint density at radius 3 is 1.59 bits per heavy atom. The van der Waals surface area contributed by atoms with Gasteiger partial charge in [0.1, 0.15) is 5.57 Å². The minimum atomic E-state index is -0.848. The number of aromatic nitrogens is 4. The minimum absolute atomic E-state index is 0. The van der Waals surface area contributed by atoms with Gasteiger partial charge in [0.2, 0.25) is 5.82 Å². The lowest BCUT2D eigenvalue weighted by Crippen LogP contribution is -3.00. The van der Waals surface area contributed by atoms with E-state index in [1.807, 2.05) is 69.3 Å². The van der Waals surface area contributed by atoms with Crippen molar-refractivity contribution in [2.24, 2.45) is 4.99 Å². The zero-order valence-electron chi connectivity index (χ0n) is 24.0. The number of aromatic amines is 2. The molecule has 6 heterocycles. The fourth-order valence-corrected chi connectivity index (χ4v) is 4.79. The highest BCUT2D eigenvalue weighted by molar-refractivity contribution is 5.91. The van der Waals surface area contributed by atoms with Gasteiger partial charge >= 0.3 is 5.69 Å². The molecular formula is C34H26ClFN6O2. The number of hydrogen-bond acceptors (Lipinski definition) is 5. The van der Waals surface area contributed by atoms with Crippen molar-refractivity contribution in [3.8, 4) is 0 Å². The predicted molar refractivity (Wildman–Crippen MR) is 170 cm³/mol. The van der Waals surface area contributed by atoms with Crippen LogP contribution in [0.15, 0.2) is 88.4 Å². The third kappa shape index (κ3) is 6.44. The summed E-state index contributed by atoms with van der Waals surface area (Å²) >= 11 is 0. The van der Waals surface area contributed by atoms with Crippen LogP contribution >= 0.6 is 0 Å². The molecule has 2 N–H and O–H groups in total. The largest absolute Gasteiger partial charge is 1.00 e. The van der Waals surface area contributed by atoms with Gasteiger partial charge in [0.25, 0.3) is 0 Å². The number of rotatable bonds is 2. The molecule has 3 aliphatic heterocycles. The molecule has 8 nitrogen and oxygen atoms in total. The Kier molecular flexibility index (Phi) is 8.44. The summed E-state index contributed by atoms with van der Waals surface area (Å²) in [6.45, 7) is 5.71. The smallest absolute Gasteiger partial charge is 0.306 e. The molecule has 0 saturated carbocycles. The van der Waals surface area contributed by atoms with E-state index in [0.717, 1.165) is 67.6 Å². The number of nitro benzene ring substituents is 1. The number of H-pyrrole nitrogens is 2. The maximum absolute atomic E-state index is 13.3. The maximum atomic E-state index is 13.3. The SMILES string of the molecule is C1=Cc2cc3ccc(cc4nc(cc5ccc(cc1n2)[nH]5)C=C4)[nH]3.CC1=C(C)C(C)=C(c2ccc(F)c([N+](=O)[O-])c2)N=[C+]1.[Cl-]. The Balaban J connectivity index is 0.000000176. The van der Waals surface area contributed by atoms with Gasteiger partial charge < -0.3 is 22.4 Å². The van der Waals surface area contributed by atoms with Crippen molar-refractivity contribution < 1.29 is 21.7 Å². The molecule has 0 unspecified atom stereocenters.